The van der Waals surface area contributed by atoms with E-state index in [-0.39, 0.29) is 22.6 Å². The van der Waals surface area contributed by atoms with E-state index in [1.165, 1.54) is 35.0 Å². The molecular weight excluding hydrogens is 380 g/mol. The smallest absolute Gasteiger partial charge is 0.339 e. The zero-order valence-electron chi connectivity index (χ0n) is 16.3. The zero-order valence-corrected chi connectivity index (χ0v) is 16.3. The fourth-order valence-corrected chi connectivity index (χ4v) is 2.75. The number of nitrogens with zero attached hydrogens (tertiary/aromatic N) is 6. The summed E-state index contributed by atoms with van der Waals surface area (Å²) in [6, 6.07) is 0. The van der Waals surface area contributed by atoms with Crippen LogP contribution in [0, 0.1) is 6.92 Å². The van der Waals surface area contributed by atoms with Crippen molar-refractivity contribution in [3.63, 3.8) is 0 Å². The number of aromatic carboxylic acids is 1. The second kappa shape index (κ2) is 7.58. The highest BCUT2D eigenvalue weighted by atomic mass is 16.4. The number of aromatic nitrogens is 6. The highest BCUT2D eigenvalue weighted by Crippen LogP contribution is 2.20. The summed E-state index contributed by atoms with van der Waals surface area (Å²) in [5, 5.41) is 26.6. The van der Waals surface area contributed by atoms with E-state index in [2.05, 4.69) is 25.9 Å². The van der Waals surface area contributed by atoms with Gasteiger partial charge in [0.1, 0.15) is 11.3 Å². The first-order valence-electron chi connectivity index (χ1n) is 8.67. The number of aryl methyl sites for hydroxylation is 3. The van der Waals surface area contributed by atoms with E-state index in [4.69, 9.17) is 0 Å². The fourth-order valence-electron chi connectivity index (χ4n) is 2.75. The zero-order chi connectivity index (χ0) is 21.3. The normalized spacial score (nSPS) is 10.8. The SMILES string of the molecule is CCn1ncc(NC(=O)c2nn(C)cc2C(=O)O)c1C(=O)Nc1cnn(C)c1C. The van der Waals surface area contributed by atoms with Gasteiger partial charge < -0.3 is 15.7 Å². The summed E-state index contributed by atoms with van der Waals surface area (Å²) in [6.45, 7) is 3.98. The number of rotatable bonds is 6. The van der Waals surface area contributed by atoms with Gasteiger partial charge in [-0.2, -0.15) is 15.3 Å². The van der Waals surface area contributed by atoms with Crippen molar-refractivity contribution in [2.24, 2.45) is 14.1 Å². The molecule has 0 aromatic carbocycles. The molecule has 0 atom stereocenters. The lowest BCUT2D eigenvalue weighted by molar-refractivity contribution is 0.0692. The molecule has 2 amide bonds. The van der Waals surface area contributed by atoms with Crippen LogP contribution in [0.25, 0.3) is 0 Å². The van der Waals surface area contributed by atoms with Crippen LogP contribution in [0.15, 0.2) is 18.6 Å². The molecule has 0 aliphatic rings. The number of amides is 2. The largest absolute Gasteiger partial charge is 0.478 e. The molecule has 3 rings (SSSR count). The Labute approximate surface area is 165 Å². The van der Waals surface area contributed by atoms with E-state index in [1.54, 1.807) is 25.6 Å². The first-order chi connectivity index (χ1) is 13.7. The van der Waals surface area contributed by atoms with E-state index in [9.17, 15) is 19.5 Å². The van der Waals surface area contributed by atoms with Gasteiger partial charge in [0.05, 0.1) is 29.5 Å². The number of hydrogen-bond donors (Lipinski definition) is 3. The lowest BCUT2D eigenvalue weighted by atomic mass is 10.2. The molecule has 0 bridgehead atoms. The second-order valence-corrected chi connectivity index (χ2v) is 6.27. The van der Waals surface area contributed by atoms with Crippen LogP contribution < -0.4 is 10.6 Å². The average molecular weight is 400 g/mol. The van der Waals surface area contributed by atoms with Crippen LogP contribution in [-0.4, -0.2) is 52.2 Å². The number of hydrogen-bond acceptors (Lipinski definition) is 6. The third-order valence-corrected chi connectivity index (χ3v) is 4.36. The molecule has 12 heteroatoms. The van der Waals surface area contributed by atoms with Crippen LogP contribution >= 0.6 is 0 Å². The minimum Gasteiger partial charge on any atom is -0.478 e. The Hall–Kier alpha value is -3.96. The third kappa shape index (κ3) is 3.72. The Morgan fingerprint density at radius 3 is 2.31 bits per heavy atom. The number of carbonyl (C=O) groups is 3. The average Bonchev–Trinajstić information content (AvgIpc) is 3.34. The maximum atomic E-state index is 12.9. The summed E-state index contributed by atoms with van der Waals surface area (Å²) in [5.74, 6) is -2.53. The molecule has 3 aromatic heterocycles. The van der Waals surface area contributed by atoms with E-state index in [0.29, 0.717) is 12.2 Å². The van der Waals surface area contributed by atoms with Crippen molar-refractivity contribution in [1.29, 1.82) is 0 Å². The summed E-state index contributed by atoms with van der Waals surface area (Å²) in [6.07, 6.45) is 4.08. The first-order valence-corrected chi connectivity index (χ1v) is 8.67. The Morgan fingerprint density at radius 2 is 1.72 bits per heavy atom. The van der Waals surface area contributed by atoms with Gasteiger partial charge in [-0.15, -0.1) is 0 Å². The van der Waals surface area contributed by atoms with Gasteiger partial charge in [0, 0.05) is 26.8 Å². The number of carboxylic acids is 1. The van der Waals surface area contributed by atoms with E-state index in [0.717, 1.165) is 5.69 Å². The summed E-state index contributed by atoms with van der Waals surface area (Å²) in [7, 11) is 3.26. The standard InChI is InChI=1S/C17H20N8O4/c1-5-25-14(16(27)20-11-6-18-24(4)9(11)2)12(7-19-25)21-15(26)13-10(17(28)29)8-23(3)22-13/h6-8H,5H2,1-4H3,(H,20,27)(H,21,26)(H,28,29). The van der Waals surface area contributed by atoms with Gasteiger partial charge in [-0.05, 0) is 13.8 Å². The molecule has 3 aromatic rings. The predicted molar refractivity (Wildman–Crippen MR) is 102 cm³/mol. The van der Waals surface area contributed by atoms with Crippen LogP contribution in [0.3, 0.4) is 0 Å². The van der Waals surface area contributed by atoms with Crippen molar-refractivity contribution in [3.8, 4) is 0 Å². The molecule has 29 heavy (non-hydrogen) atoms. The maximum absolute atomic E-state index is 12.9. The maximum Gasteiger partial charge on any atom is 0.339 e. The van der Waals surface area contributed by atoms with Crippen LogP contribution in [0.5, 0.6) is 0 Å². The van der Waals surface area contributed by atoms with Gasteiger partial charge in [0.15, 0.2) is 5.69 Å². The lowest BCUT2D eigenvalue weighted by Gasteiger charge is -2.09. The summed E-state index contributed by atoms with van der Waals surface area (Å²) < 4.78 is 4.27. The highest BCUT2D eigenvalue weighted by Gasteiger charge is 2.25. The van der Waals surface area contributed by atoms with Crippen molar-refractivity contribution in [2.45, 2.75) is 20.4 Å². The van der Waals surface area contributed by atoms with Crippen LogP contribution in [0.1, 0.15) is 44.0 Å². The molecule has 12 nitrogen and oxygen atoms in total. The van der Waals surface area contributed by atoms with Crippen molar-refractivity contribution in [2.75, 3.05) is 10.6 Å². The van der Waals surface area contributed by atoms with Gasteiger partial charge in [-0.25, -0.2) is 4.79 Å². The van der Waals surface area contributed by atoms with Gasteiger partial charge in [0.2, 0.25) is 0 Å². The molecule has 152 valence electrons. The molecule has 0 aliphatic heterocycles. The van der Waals surface area contributed by atoms with E-state index < -0.39 is 17.8 Å². The van der Waals surface area contributed by atoms with E-state index in [1.807, 2.05) is 0 Å². The lowest BCUT2D eigenvalue weighted by Crippen LogP contribution is -2.22. The quantitative estimate of drug-likeness (QED) is 0.556. The molecule has 0 unspecified atom stereocenters. The monoisotopic (exact) mass is 400 g/mol. The van der Waals surface area contributed by atoms with Gasteiger partial charge in [-0.1, -0.05) is 0 Å². The Morgan fingerprint density at radius 1 is 1.07 bits per heavy atom. The fraction of sp³-hybridized carbons (Fsp3) is 0.294. The summed E-state index contributed by atoms with van der Waals surface area (Å²) in [4.78, 5) is 36.8. The Bertz CT molecular complexity index is 1110. The first kappa shape index (κ1) is 19.8. The van der Waals surface area contributed by atoms with Gasteiger partial charge in [0.25, 0.3) is 11.8 Å². The molecule has 0 radical (unpaired) electrons. The predicted octanol–water partition coefficient (Wildman–Crippen LogP) is 0.881. The van der Waals surface area contributed by atoms with Gasteiger partial charge >= 0.3 is 5.97 Å². The van der Waals surface area contributed by atoms with Crippen molar-refractivity contribution in [1.82, 2.24) is 29.3 Å². The number of nitrogens with one attached hydrogen (secondary N) is 2. The molecule has 0 saturated carbocycles. The van der Waals surface area contributed by atoms with Crippen molar-refractivity contribution in [3.05, 3.63) is 41.2 Å². The minimum atomic E-state index is -1.28. The third-order valence-electron chi connectivity index (χ3n) is 4.36. The molecule has 0 spiro atoms. The van der Waals surface area contributed by atoms with Crippen LogP contribution in [0.4, 0.5) is 11.4 Å². The molecule has 3 heterocycles. The van der Waals surface area contributed by atoms with Crippen LogP contribution in [0.2, 0.25) is 0 Å². The Kier molecular flexibility index (Phi) is 5.17. The Balaban J connectivity index is 1.90. The van der Waals surface area contributed by atoms with Crippen molar-refractivity contribution >= 4 is 29.2 Å². The van der Waals surface area contributed by atoms with E-state index >= 15 is 0 Å². The highest BCUT2D eigenvalue weighted by molar-refractivity contribution is 6.13. The topological polar surface area (TPSA) is 149 Å². The van der Waals surface area contributed by atoms with Crippen LogP contribution in [-0.2, 0) is 20.6 Å². The molecule has 0 saturated heterocycles. The molecule has 0 aliphatic carbocycles. The van der Waals surface area contributed by atoms with Crippen molar-refractivity contribution < 1.29 is 19.5 Å². The molecular formula is C17H20N8O4. The number of carboxylic acid groups (broad SMARTS) is 1. The number of anilines is 2. The summed E-state index contributed by atoms with van der Waals surface area (Å²) >= 11 is 0. The summed E-state index contributed by atoms with van der Waals surface area (Å²) in [5.41, 5.74) is 1.03. The minimum absolute atomic E-state index is 0.122. The molecule has 3 N–H and O–H groups in total. The second-order valence-electron chi connectivity index (χ2n) is 6.27. The number of carbonyl (C=O) groups excluding carboxylic acids is 2. The molecule has 0 fully saturated rings. The van der Waals surface area contributed by atoms with Gasteiger partial charge in [-0.3, -0.25) is 23.6 Å².